The molecule has 0 spiro atoms. The van der Waals surface area contributed by atoms with Gasteiger partial charge in [0.05, 0.1) is 6.20 Å². The molecule has 4 heterocycles. The number of halogens is 3. The predicted octanol–water partition coefficient (Wildman–Crippen LogP) is 2.57. The Hall–Kier alpha value is -3.28. The molecule has 2 amide bonds. The second-order valence-corrected chi connectivity index (χ2v) is 6.93. The highest BCUT2D eigenvalue weighted by atomic mass is 79.9. The van der Waals surface area contributed by atoms with Crippen molar-refractivity contribution in [3.63, 3.8) is 0 Å². The number of hydrogen-bond donors (Lipinski definition) is 0. The highest BCUT2D eigenvalue weighted by Gasteiger charge is 2.41. The van der Waals surface area contributed by atoms with Crippen molar-refractivity contribution < 1.29 is 18.4 Å². The van der Waals surface area contributed by atoms with Gasteiger partial charge in [-0.2, -0.15) is 13.9 Å². The second kappa shape index (κ2) is 6.95. The summed E-state index contributed by atoms with van der Waals surface area (Å²) in [5, 5.41) is 11.3. The van der Waals surface area contributed by atoms with E-state index in [1.54, 1.807) is 19.1 Å². The van der Waals surface area contributed by atoms with Crippen LogP contribution >= 0.6 is 15.9 Å². The molecule has 0 aliphatic rings. The van der Waals surface area contributed by atoms with Crippen molar-refractivity contribution in [2.24, 2.45) is 0 Å². The molecule has 0 saturated heterocycles. The molecule has 4 aromatic rings. The summed E-state index contributed by atoms with van der Waals surface area (Å²) in [5.74, 6) is -4.65. The zero-order valence-electron chi connectivity index (χ0n) is 14.8. The van der Waals surface area contributed by atoms with Crippen LogP contribution in [0, 0.1) is 0 Å². The van der Waals surface area contributed by atoms with E-state index in [4.69, 9.17) is 0 Å². The summed E-state index contributed by atoms with van der Waals surface area (Å²) in [6.45, 7) is 1.59. The van der Waals surface area contributed by atoms with E-state index in [1.165, 1.54) is 22.9 Å². The first kappa shape index (κ1) is 19.1. The number of nitrogens with zero attached hydrogens (tertiary/aromatic N) is 7. The van der Waals surface area contributed by atoms with Crippen molar-refractivity contribution in [2.75, 3.05) is 4.90 Å². The number of pyridine rings is 1. The summed E-state index contributed by atoms with van der Waals surface area (Å²) in [6, 6.07) is 5.64. The molecule has 0 aliphatic carbocycles. The van der Waals surface area contributed by atoms with E-state index in [0.29, 0.717) is 10.9 Å². The molecule has 9 nitrogen and oxygen atoms in total. The molecule has 0 saturated carbocycles. The largest absolute Gasteiger partial charge is 0.350 e. The Morgan fingerprint density at radius 3 is 2.69 bits per heavy atom. The number of aromatic nitrogens is 6. The lowest BCUT2D eigenvalue weighted by Crippen LogP contribution is -2.28. The van der Waals surface area contributed by atoms with Gasteiger partial charge in [-0.15, -0.1) is 10.2 Å². The molecule has 4 rings (SSSR count). The molecule has 0 atom stereocenters. The lowest BCUT2D eigenvalue weighted by molar-refractivity contribution is -0.121. The van der Waals surface area contributed by atoms with Crippen LogP contribution in [0.25, 0.3) is 11.3 Å². The number of carbonyl (C=O) groups excluding carboxylic acids is 2. The maximum absolute atomic E-state index is 15.2. The fourth-order valence-electron chi connectivity index (χ4n) is 2.76. The molecule has 0 N–H and O–H groups in total. The first-order valence-corrected chi connectivity index (χ1v) is 9.17. The lowest BCUT2D eigenvalue weighted by atomic mass is 10.2. The fourth-order valence-corrected chi connectivity index (χ4v) is 3.09. The highest BCUT2D eigenvalue weighted by molar-refractivity contribution is 9.10. The number of carbonyl (C=O) groups is 2. The van der Waals surface area contributed by atoms with Gasteiger partial charge in [-0.25, -0.2) is 14.4 Å². The zero-order chi connectivity index (χ0) is 20.8. The van der Waals surface area contributed by atoms with E-state index in [-0.39, 0.29) is 23.5 Å². The first-order valence-electron chi connectivity index (χ1n) is 8.38. The Morgan fingerprint density at radius 1 is 1.21 bits per heavy atom. The summed E-state index contributed by atoms with van der Waals surface area (Å²) in [6.07, 6.45) is 3.07. The third-order valence-electron chi connectivity index (χ3n) is 4.20. The average molecular weight is 464 g/mol. The highest BCUT2D eigenvalue weighted by Crippen LogP contribution is 2.34. The molecule has 12 heteroatoms. The van der Waals surface area contributed by atoms with Crippen molar-refractivity contribution >= 4 is 45.4 Å². The molecule has 0 aliphatic heterocycles. The summed E-state index contributed by atoms with van der Waals surface area (Å²) >= 11 is 3.24. The molecule has 0 unspecified atom stereocenters. The molecule has 0 radical (unpaired) electrons. The van der Waals surface area contributed by atoms with Crippen LogP contribution in [-0.2, 0) is 15.5 Å². The second-order valence-electron chi connectivity index (χ2n) is 6.02. The number of fused-ring (bicyclic) bond motifs is 2. The van der Waals surface area contributed by atoms with Gasteiger partial charge in [0.15, 0.2) is 17.1 Å². The standard InChI is InChI=1S/C17H12BrF2N7O2/c1-2-15(29)26(9-28)14-8-27-12(21-14)6-4-11(24-27)17(19,20)16-23-22-13-5-3-10(18)7-25(13)16/h3-9H,2H2,1H3. The van der Waals surface area contributed by atoms with Gasteiger partial charge in [0.1, 0.15) is 5.69 Å². The SMILES string of the molecule is CCC(=O)N(C=O)c1cn2nc(C(F)(F)c3nnc4ccc(Br)cn34)ccc2n1. The van der Waals surface area contributed by atoms with Crippen molar-refractivity contribution in [3.05, 3.63) is 52.7 Å². The van der Waals surface area contributed by atoms with Gasteiger partial charge >= 0.3 is 5.92 Å². The summed E-state index contributed by atoms with van der Waals surface area (Å²) in [4.78, 5) is 27.9. The summed E-state index contributed by atoms with van der Waals surface area (Å²) in [5.41, 5.74) is -0.139. The topological polar surface area (TPSA) is 97.8 Å². The maximum atomic E-state index is 15.2. The molecule has 4 aromatic heterocycles. The van der Waals surface area contributed by atoms with Crippen molar-refractivity contribution in [1.29, 1.82) is 0 Å². The minimum Gasteiger partial charge on any atom is -0.280 e. The van der Waals surface area contributed by atoms with E-state index in [9.17, 15) is 9.59 Å². The van der Waals surface area contributed by atoms with E-state index < -0.39 is 23.3 Å². The number of hydrogen-bond acceptors (Lipinski definition) is 6. The van der Waals surface area contributed by atoms with E-state index in [1.807, 2.05) is 0 Å². The van der Waals surface area contributed by atoms with Crippen LogP contribution in [0.5, 0.6) is 0 Å². The van der Waals surface area contributed by atoms with Crippen LogP contribution < -0.4 is 4.90 Å². The molecular weight excluding hydrogens is 452 g/mol. The first-order chi connectivity index (χ1) is 13.8. The smallest absolute Gasteiger partial charge is 0.280 e. The molecule has 0 bridgehead atoms. The number of anilines is 1. The Labute approximate surface area is 170 Å². The van der Waals surface area contributed by atoms with Crippen molar-refractivity contribution in [2.45, 2.75) is 19.3 Å². The van der Waals surface area contributed by atoms with Gasteiger partial charge in [-0.1, -0.05) is 6.92 Å². The Morgan fingerprint density at radius 2 is 1.97 bits per heavy atom. The van der Waals surface area contributed by atoms with Crippen LogP contribution in [0.15, 0.2) is 41.1 Å². The minimum absolute atomic E-state index is 0.00308. The van der Waals surface area contributed by atoms with Crippen LogP contribution in [0.3, 0.4) is 0 Å². The van der Waals surface area contributed by atoms with E-state index in [0.717, 1.165) is 15.5 Å². The number of imide groups is 1. The van der Waals surface area contributed by atoms with Gasteiger partial charge in [0.2, 0.25) is 18.1 Å². The zero-order valence-corrected chi connectivity index (χ0v) is 16.4. The number of amides is 2. The van der Waals surface area contributed by atoms with Crippen molar-refractivity contribution in [3.8, 4) is 0 Å². The van der Waals surface area contributed by atoms with Crippen molar-refractivity contribution in [1.82, 2.24) is 29.2 Å². The Kier molecular flexibility index (Phi) is 4.57. The van der Waals surface area contributed by atoms with Gasteiger partial charge in [0, 0.05) is 17.1 Å². The molecule has 0 fully saturated rings. The lowest BCUT2D eigenvalue weighted by Gasteiger charge is -2.14. The van der Waals surface area contributed by atoms with Crippen LogP contribution in [-0.4, -0.2) is 41.5 Å². The molecule has 0 aromatic carbocycles. The monoisotopic (exact) mass is 463 g/mol. The Bertz CT molecular complexity index is 1250. The van der Waals surface area contributed by atoms with Gasteiger partial charge in [0.25, 0.3) is 0 Å². The quantitative estimate of drug-likeness (QED) is 0.422. The number of rotatable bonds is 5. The third kappa shape index (κ3) is 3.14. The minimum atomic E-state index is -3.57. The fraction of sp³-hybridized carbons (Fsp3) is 0.176. The number of imidazole rings is 1. The molecular formula is C17H12BrF2N7O2. The van der Waals surface area contributed by atoms with Gasteiger partial charge in [-0.3, -0.25) is 14.0 Å². The Balaban J connectivity index is 1.79. The van der Waals surface area contributed by atoms with Crippen LogP contribution in [0.2, 0.25) is 0 Å². The van der Waals surface area contributed by atoms with Crippen LogP contribution in [0.4, 0.5) is 14.6 Å². The van der Waals surface area contributed by atoms with E-state index >= 15 is 8.78 Å². The van der Waals surface area contributed by atoms with E-state index in [2.05, 4.69) is 36.2 Å². The third-order valence-corrected chi connectivity index (χ3v) is 4.67. The van der Waals surface area contributed by atoms with Gasteiger partial charge in [-0.05, 0) is 40.2 Å². The molecule has 29 heavy (non-hydrogen) atoms. The average Bonchev–Trinajstić information content (AvgIpc) is 3.31. The normalized spacial score (nSPS) is 11.9. The number of alkyl halides is 2. The summed E-state index contributed by atoms with van der Waals surface area (Å²) in [7, 11) is 0. The van der Waals surface area contributed by atoms with Crippen LogP contribution in [0.1, 0.15) is 24.9 Å². The summed E-state index contributed by atoms with van der Waals surface area (Å²) < 4.78 is 33.2. The van der Waals surface area contributed by atoms with Gasteiger partial charge < -0.3 is 0 Å². The molecule has 148 valence electrons. The maximum Gasteiger partial charge on any atom is 0.350 e. The predicted molar refractivity (Wildman–Crippen MR) is 101 cm³/mol.